The molecule has 2 rings (SSSR count). The van der Waals surface area contributed by atoms with Gasteiger partial charge in [-0.3, -0.25) is 5.43 Å². The fourth-order valence-corrected chi connectivity index (χ4v) is 2.74. The Labute approximate surface area is 105 Å². The summed E-state index contributed by atoms with van der Waals surface area (Å²) in [6.07, 6.45) is 7.53. The van der Waals surface area contributed by atoms with E-state index in [1.165, 1.54) is 38.5 Å². The Hall–Kier alpha value is -0.770. The minimum atomic E-state index is 0.476. The molecule has 0 atom stereocenters. The quantitative estimate of drug-likeness (QED) is 0.317. The van der Waals surface area contributed by atoms with Gasteiger partial charge in [-0.05, 0) is 31.1 Å². The van der Waals surface area contributed by atoms with Crippen LogP contribution in [0.1, 0.15) is 52.4 Å². The number of nitrogens with one attached hydrogen (secondary N) is 1. The van der Waals surface area contributed by atoms with Crippen molar-refractivity contribution in [2.75, 3.05) is 13.1 Å². The summed E-state index contributed by atoms with van der Waals surface area (Å²) in [5.41, 5.74) is 3.28. The Bertz CT molecular complexity index is 269. The standard InChI is InChI=1S/C13H26N4/c1-13(2)7-9-17(10-8-13)12(16-14)15-11-5-3-4-6-11/h11H,3-10,14H2,1-2H3,(H,15,16). The highest BCUT2D eigenvalue weighted by molar-refractivity contribution is 5.79. The van der Waals surface area contributed by atoms with Crippen molar-refractivity contribution >= 4 is 5.96 Å². The minimum Gasteiger partial charge on any atom is -0.342 e. The summed E-state index contributed by atoms with van der Waals surface area (Å²) < 4.78 is 0. The fraction of sp³-hybridized carbons (Fsp3) is 0.923. The topological polar surface area (TPSA) is 53.6 Å². The number of guanidine groups is 1. The van der Waals surface area contributed by atoms with Gasteiger partial charge in [0.1, 0.15) is 0 Å². The van der Waals surface area contributed by atoms with Crippen molar-refractivity contribution in [3.63, 3.8) is 0 Å². The zero-order valence-electron chi connectivity index (χ0n) is 11.2. The summed E-state index contributed by atoms with van der Waals surface area (Å²) in [4.78, 5) is 7.08. The third-order valence-corrected chi connectivity index (χ3v) is 4.18. The number of nitrogens with two attached hydrogens (primary N) is 1. The van der Waals surface area contributed by atoms with Gasteiger partial charge in [-0.1, -0.05) is 26.7 Å². The number of hydrogen-bond acceptors (Lipinski definition) is 2. The molecular weight excluding hydrogens is 212 g/mol. The van der Waals surface area contributed by atoms with E-state index in [1.54, 1.807) is 0 Å². The Morgan fingerprint density at radius 1 is 1.24 bits per heavy atom. The van der Waals surface area contributed by atoms with Crippen LogP contribution in [0.4, 0.5) is 0 Å². The summed E-state index contributed by atoms with van der Waals surface area (Å²) >= 11 is 0. The largest absolute Gasteiger partial charge is 0.342 e. The van der Waals surface area contributed by atoms with Crippen molar-refractivity contribution in [2.24, 2.45) is 16.3 Å². The smallest absolute Gasteiger partial charge is 0.208 e. The molecule has 0 bridgehead atoms. The van der Waals surface area contributed by atoms with Crippen LogP contribution in [0, 0.1) is 5.41 Å². The number of hydrazine groups is 1. The predicted octanol–water partition coefficient (Wildman–Crippen LogP) is 1.87. The molecule has 4 heteroatoms. The Balaban J connectivity index is 1.94. The molecule has 4 nitrogen and oxygen atoms in total. The molecule has 1 aliphatic carbocycles. The molecule has 1 heterocycles. The number of rotatable bonds is 1. The van der Waals surface area contributed by atoms with Crippen molar-refractivity contribution in [3.05, 3.63) is 0 Å². The first-order chi connectivity index (χ1) is 8.11. The van der Waals surface area contributed by atoms with Crippen molar-refractivity contribution < 1.29 is 0 Å². The lowest BCUT2D eigenvalue weighted by molar-refractivity contribution is 0.184. The first-order valence-corrected chi connectivity index (χ1v) is 6.90. The second-order valence-corrected chi connectivity index (χ2v) is 6.19. The van der Waals surface area contributed by atoms with E-state index in [1.807, 2.05) is 0 Å². The third-order valence-electron chi connectivity index (χ3n) is 4.18. The van der Waals surface area contributed by atoms with Crippen LogP contribution in [0.2, 0.25) is 0 Å². The molecule has 0 amide bonds. The SMILES string of the molecule is CC1(C)CCN(C(=NC2CCCC2)NN)CC1. The number of aliphatic imine (C=N–C) groups is 1. The zero-order valence-corrected chi connectivity index (χ0v) is 11.2. The van der Waals surface area contributed by atoms with Gasteiger partial charge in [-0.25, -0.2) is 10.8 Å². The van der Waals surface area contributed by atoms with Crippen molar-refractivity contribution in [1.82, 2.24) is 10.3 Å². The van der Waals surface area contributed by atoms with Crippen LogP contribution in [0.5, 0.6) is 0 Å². The van der Waals surface area contributed by atoms with E-state index >= 15 is 0 Å². The molecule has 0 aromatic heterocycles. The molecular formula is C13H26N4. The maximum absolute atomic E-state index is 5.63. The van der Waals surface area contributed by atoms with Crippen molar-refractivity contribution in [3.8, 4) is 0 Å². The highest BCUT2D eigenvalue weighted by Gasteiger charge is 2.27. The molecule has 0 aromatic carbocycles. The van der Waals surface area contributed by atoms with Gasteiger partial charge in [0.05, 0.1) is 6.04 Å². The average molecular weight is 238 g/mol. The van der Waals surface area contributed by atoms with Crippen LogP contribution < -0.4 is 11.3 Å². The van der Waals surface area contributed by atoms with E-state index in [4.69, 9.17) is 10.8 Å². The molecule has 0 spiro atoms. The maximum atomic E-state index is 5.63. The first kappa shape index (κ1) is 12.7. The van der Waals surface area contributed by atoms with Crippen LogP contribution in [0.15, 0.2) is 4.99 Å². The molecule has 1 saturated carbocycles. The van der Waals surface area contributed by atoms with Gasteiger partial charge in [-0.2, -0.15) is 0 Å². The molecule has 0 radical (unpaired) electrons. The first-order valence-electron chi connectivity index (χ1n) is 6.90. The molecule has 1 aliphatic heterocycles. The van der Waals surface area contributed by atoms with E-state index in [0.717, 1.165) is 19.0 Å². The Kier molecular flexibility index (Phi) is 3.92. The molecule has 3 N–H and O–H groups in total. The minimum absolute atomic E-state index is 0.476. The third kappa shape index (κ3) is 3.35. The van der Waals surface area contributed by atoms with Gasteiger partial charge in [0.2, 0.25) is 5.96 Å². The van der Waals surface area contributed by atoms with E-state index in [-0.39, 0.29) is 0 Å². The second-order valence-electron chi connectivity index (χ2n) is 6.19. The number of piperidine rings is 1. The Morgan fingerprint density at radius 2 is 1.82 bits per heavy atom. The molecule has 1 saturated heterocycles. The highest BCUT2D eigenvalue weighted by atomic mass is 15.4. The van der Waals surface area contributed by atoms with E-state index in [2.05, 4.69) is 24.2 Å². The fourth-order valence-electron chi connectivity index (χ4n) is 2.74. The number of nitrogens with zero attached hydrogens (tertiary/aromatic N) is 2. The summed E-state index contributed by atoms with van der Waals surface area (Å²) in [6, 6.07) is 0.496. The molecule has 2 aliphatic rings. The Morgan fingerprint density at radius 3 is 2.35 bits per heavy atom. The summed E-state index contributed by atoms with van der Waals surface area (Å²) in [6.45, 7) is 6.83. The normalized spacial score (nSPS) is 26.3. The average Bonchev–Trinajstić information content (AvgIpc) is 2.79. The lowest BCUT2D eigenvalue weighted by atomic mass is 9.83. The van der Waals surface area contributed by atoms with Crippen molar-refractivity contribution in [2.45, 2.75) is 58.4 Å². The summed E-state index contributed by atoms with van der Waals surface area (Å²) in [5, 5.41) is 0. The van der Waals surface area contributed by atoms with Gasteiger partial charge in [0.15, 0.2) is 0 Å². The van der Waals surface area contributed by atoms with Crippen molar-refractivity contribution in [1.29, 1.82) is 0 Å². The number of hydrogen-bond donors (Lipinski definition) is 2. The molecule has 0 aromatic rings. The highest BCUT2D eigenvalue weighted by Crippen LogP contribution is 2.30. The van der Waals surface area contributed by atoms with E-state index in [0.29, 0.717) is 11.5 Å². The van der Waals surface area contributed by atoms with Crippen LogP contribution >= 0.6 is 0 Å². The maximum Gasteiger partial charge on any atom is 0.208 e. The van der Waals surface area contributed by atoms with Crippen LogP contribution in [-0.2, 0) is 0 Å². The van der Waals surface area contributed by atoms with Gasteiger partial charge in [0.25, 0.3) is 0 Å². The molecule has 98 valence electrons. The summed E-state index contributed by atoms with van der Waals surface area (Å²) in [7, 11) is 0. The zero-order chi connectivity index (χ0) is 12.3. The predicted molar refractivity (Wildman–Crippen MR) is 71.6 cm³/mol. The molecule has 17 heavy (non-hydrogen) atoms. The van der Waals surface area contributed by atoms with Crippen LogP contribution in [-0.4, -0.2) is 30.0 Å². The van der Waals surface area contributed by atoms with Gasteiger partial charge < -0.3 is 4.90 Å². The van der Waals surface area contributed by atoms with Crippen LogP contribution in [0.3, 0.4) is 0 Å². The number of likely N-dealkylation sites (tertiary alicyclic amines) is 1. The molecule has 0 unspecified atom stereocenters. The second kappa shape index (κ2) is 5.25. The lowest BCUT2D eigenvalue weighted by Gasteiger charge is -2.38. The van der Waals surface area contributed by atoms with Crippen LogP contribution in [0.25, 0.3) is 0 Å². The monoisotopic (exact) mass is 238 g/mol. The van der Waals surface area contributed by atoms with Gasteiger partial charge in [0, 0.05) is 13.1 Å². The molecule has 2 fully saturated rings. The van der Waals surface area contributed by atoms with Gasteiger partial charge >= 0.3 is 0 Å². The van der Waals surface area contributed by atoms with E-state index in [9.17, 15) is 0 Å². The summed E-state index contributed by atoms with van der Waals surface area (Å²) in [5.74, 6) is 6.54. The van der Waals surface area contributed by atoms with Gasteiger partial charge in [-0.15, -0.1) is 0 Å². The van der Waals surface area contributed by atoms with E-state index < -0.39 is 0 Å². The lowest BCUT2D eigenvalue weighted by Crippen LogP contribution is -2.49.